The Kier molecular flexibility index (Phi) is 3.42. The van der Waals surface area contributed by atoms with Crippen LogP contribution in [0.4, 0.5) is 0 Å². The van der Waals surface area contributed by atoms with Gasteiger partial charge in [0.25, 0.3) is 0 Å². The van der Waals surface area contributed by atoms with Crippen LogP contribution in [0.1, 0.15) is 31.4 Å². The lowest BCUT2D eigenvalue weighted by atomic mass is 10.1. The van der Waals surface area contributed by atoms with E-state index in [1.54, 1.807) is 0 Å². The zero-order chi connectivity index (χ0) is 13.2. The number of amides is 1. The summed E-state index contributed by atoms with van der Waals surface area (Å²) in [6.45, 7) is 3.87. The number of ether oxygens (including phenoxy) is 1. The van der Waals surface area contributed by atoms with Gasteiger partial charge in [-0.25, -0.2) is 0 Å². The van der Waals surface area contributed by atoms with Crippen molar-refractivity contribution in [2.75, 3.05) is 13.1 Å². The van der Waals surface area contributed by atoms with Gasteiger partial charge in [-0.1, -0.05) is 12.1 Å². The maximum atomic E-state index is 11.7. The zero-order valence-electron chi connectivity index (χ0n) is 11.2. The Morgan fingerprint density at radius 2 is 2.00 bits per heavy atom. The molecule has 1 heterocycles. The molecule has 1 saturated heterocycles. The Bertz CT molecular complexity index is 450. The molecule has 0 bridgehead atoms. The van der Waals surface area contributed by atoms with Gasteiger partial charge in [0.15, 0.2) is 0 Å². The normalized spacial score (nSPS) is 20.5. The van der Waals surface area contributed by atoms with Crippen molar-refractivity contribution in [3.05, 3.63) is 29.8 Å². The molecule has 1 amide bonds. The molecular formula is C15H20N2O2. The van der Waals surface area contributed by atoms with E-state index in [2.05, 4.69) is 10.6 Å². The molecule has 0 unspecified atom stereocenters. The lowest BCUT2D eigenvalue weighted by Crippen LogP contribution is -2.50. The molecule has 2 fully saturated rings. The largest absolute Gasteiger partial charge is 0.488 e. The second kappa shape index (κ2) is 5.21. The Balaban J connectivity index is 1.55. The van der Waals surface area contributed by atoms with Gasteiger partial charge in [0.1, 0.15) is 11.9 Å². The van der Waals surface area contributed by atoms with Crippen molar-refractivity contribution in [2.45, 2.75) is 31.9 Å². The molecule has 0 aromatic heterocycles. The summed E-state index contributed by atoms with van der Waals surface area (Å²) in [6.07, 6.45) is 2.39. The summed E-state index contributed by atoms with van der Waals surface area (Å²) in [5, 5.41) is 6.23. The van der Waals surface area contributed by atoms with E-state index in [0.29, 0.717) is 6.10 Å². The second-order valence-corrected chi connectivity index (χ2v) is 5.47. The molecule has 1 atom stereocenters. The van der Waals surface area contributed by atoms with Gasteiger partial charge >= 0.3 is 0 Å². The van der Waals surface area contributed by atoms with Gasteiger partial charge in [0, 0.05) is 19.0 Å². The molecule has 1 aromatic carbocycles. The van der Waals surface area contributed by atoms with Crippen LogP contribution >= 0.6 is 0 Å². The highest BCUT2D eigenvalue weighted by Gasteiger charge is 2.30. The summed E-state index contributed by atoms with van der Waals surface area (Å²) in [6, 6.07) is 8.08. The first-order chi connectivity index (χ1) is 9.22. The highest BCUT2D eigenvalue weighted by molar-refractivity contribution is 5.81. The molecule has 1 aliphatic carbocycles. The number of rotatable bonds is 5. The van der Waals surface area contributed by atoms with Crippen LogP contribution in [-0.4, -0.2) is 25.1 Å². The number of carbonyl (C=O) groups excluding carboxylic acids is 1. The molecule has 4 heteroatoms. The molecule has 0 spiro atoms. The molecule has 19 heavy (non-hydrogen) atoms. The van der Waals surface area contributed by atoms with E-state index < -0.39 is 0 Å². The third kappa shape index (κ3) is 3.07. The Hall–Kier alpha value is -1.55. The third-order valence-electron chi connectivity index (χ3n) is 3.73. The van der Waals surface area contributed by atoms with Crippen molar-refractivity contribution in [1.29, 1.82) is 0 Å². The fourth-order valence-electron chi connectivity index (χ4n) is 2.13. The summed E-state index contributed by atoms with van der Waals surface area (Å²) >= 11 is 0. The van der Waals surface area contributed by atoms with Gasteiger partial charge in [-0.15, -0.1) is 0 Å². The minimum atomic E-state index is 0.0625. The maximum Gasteiger partial charge on any atom is 0.223 e. The van der Waals surface area contributed by atoms with Gasteiger partial charge in [-0.2, -0.15) is 0 Å². The van der Waals surface area contributed by atoms with Crippen LogP contribution in [0.5, 0.6) is 5.75 Å². The zero-order valence-corrected chi connectivity index (χ0v) is 11.2. The minimum absolute atomic E-state index is 0.0625. The summed E-state index contributed by atoms with van der Waals surface area (Å²) in [5.41, 5.74) is 1.12. The van der Waals surface area contributed by atoms with Crippen LogP contribution in [0.15, 0.2) is 24.3 Å². The van der Waals surface area contributed by atoms with E-state index in [9.17, 15) is 4.79 Å². The quantitative estimate of drug-likeness (QED) is 0.846. The summed E-state index contributed by atoms with van der Waals surface area (Å²) in [4.78, 5) is 11.7. The van der Waals surface area contributed by atoms with Crippen LogP contribution in [0.2, 0.25) is 0 Å². The monoisotopic (exact) mass is 260 g/mol. The van der Waals surface area contributed by atoms with Crippen LogP contribution in [0, 0.1) is 5.92 Å². The number of nitrogens with one attached hydrogen (secondary N) is 2. The summed E-state index contributed by atoms with van der Waals surface area (Å²) < 4.78 is 5.76. The van der Waals surface area contributed by atoms with Crippen LogP contribution in [0.3, 0.4) is 0 Å². The van der Waals surface area contributed by atoms with Crippen molar-refractivity contribution in [1.82, 2.24) is 10.6 Å². The van der Waals surface area contributed by atoms with Crippen molar-refractivity contribution in [2.24, 2.45) is 5.92 Å². The fraction of sp³-hybridized carbons (Fsp3) is 0.533. The molecule has 4 nitrogen and oxygen atoms in total. The Labute approximate surface area is 113 Å². The molecule has 3 rings (SSSR count). The van der Waals surface area contributed by atoms with Gasteiger partial charge < -0.3 is 15.4 Å². The average molecular weight is 260 g/mol. The van der Waals surface area contributed by atoms with Gasteiger partial charge in [0.2, 0.25) is 5.91 Å². The van der Waals surface area contributed by atoms with E-state index in [1.807, 2.05) is 31.2 Å². The van der Waals surface area contributed by atoms with E-state index in [0.717, 1.165) is 37.2 Å². The smallest absolute Gasteiger partial charge is 0.223 e. The number of benzene rings is 1. The van der Waals surface area contributed by atoms with E-state index in [1.165, 1.54) is 0 Å². The van der Waals surface area contributed by atoms with Crippen LogP contribution < -0.4 is 15.4 Å². The van der Waals surface area contributed by atoms with Crippen molar-refractivity contribution < 1.29 is 9.53 Å². The fourth-order valence-corrected chi connectivity index (χ4v) is 2.13. The van der Waals surface area contributed by atoms with Gasteiger partial charge in [0.05, 0.1) is 6.04 Å². The predicted octanol–water partition coefficient (Wildman–Crippen LogP) is 1.62. The molecule has 1 aromatic rings. The Morgan fingerprint density at radius 1 is 1.32 bits per heavy atom. The van der Waals surface area contributed by atoms with Crippen LogP contribution in [0.25, 0.3) is 0 Å². The Morgan fingerprint density at radius 3 is 2.53 bits per heavy atom. The van der Waals surface area contributed by atoms with Crippen molar-refractivity contribution in [3.63, 3.8) is 0 Å². The van der Waals surface area contributed by atoms with E-state index in [4.69, 9.17) is 4.74 Å². The molecule has 2 aliphatic rings. The number of carbonyl (C=O) groups is 1. The number of hydrogen-bond donors (Lipinski definition) is 2. The SMILES string of the molecule is C[C@H](NC(=O)C1CC1)c1ccc(OC2CNC2)cc1. The van der Waals surface area contributed by atoms with Crippen molar-refractivity contribution in [3.8, 4) is 5.75 Å². The predicted molar refractivity (Wildman–Crippen MR) is 73.0 cm³/mol. The van der Waals surface area contributed by atoms with E-state index >= 15 is 0 Å². The van der Waals surface area contributed by atoms with E-state index in [-0.39, 0.29) is 17.9 Å². The summed E-state index contributed by atoms with van der Waals surface area (Å²) in [7, 11) is 0. The van der Waals surface area contributed by atoms with Gasteiger partial charge in [-0.3, -0.25) is 4.79 Å². The van der Waals surface area contributed by atoms with Gasteiger partial charge in [-0.05, 0) is 37.5 Å². The second-order valence-electron chi connectivity index (χ2n) is 5.47. The highest BCUT2D eigenvalue weighted by Crippen LogP contribution is 2.30. The number of hydrogen-bond acceptors (Lipinski definition) is 3. The first kappa shape index (κ1) is 12.5. The molecule has 0 radical (unpaired) electrons. The third-order valence-corrected chi connectivity index (χ3v) is 3.73. The first-order valence-corrected chi connectivity index (χ1v) is 7.00. The lowest BCUT2D eigenvalue weighted by Gasteiger charge is -2.28. The molecule has 1 aliphatic heterocycles. The minimum Gasteiger partial charge on any atom is -0.488 e. The topological polar surface area (TPSA) is 50.4 Å². The molecule has 1 saturated carbocycles. The standard InChI is InChI=1S/C15H20N2O2/c1-10(17-15(18)12-2-3-12)11-4-6-13(7-5-11)19-14-8-16-9-14/h4-7,10,12,14,16H,2-3,8-9H2,1H3,(H,17,18)/t10-/m0/s1. The van der Waals surface area contributed by atoms with Crippen molar-refractivity contribution >= 4 is 5.91 Å². The lowest BCUT2D eigenvalue weighted by molar-refractivity contribution is -0.122. The average Bonchev–Trinajstić information content (AvgIpc) is 3.18. The molecule has 2 N–H and O–H groups in total. The molecule has 102 valence electrons. The molecular weight excluding hydrogens is 240 g/mol. The van der Waals surface area contributed by atoms with Crippen LogP contribution in [-0.2, 0) is 4.79 Å². The maximum absolute atomic E-state index is 11.7. The summed E-state index contributed by atoms with van der Waals surface area (Å²) in [5.74, 6) is 1.35. The first-order valence-electron chi connectivity index (χ1n) is 7.00. The highest BCUT2D eigenvalue weighted by atomic mass is 16.5.